The highest BCUT2D eigenvalue weighted by atomic mass is 32.2. The second-order valence-electron chi connectivity index (χ2n) is 6.42. The Kier molecular flexibility index (Phi) is 17.6. The summed E-state index contributed by atoms with van der Waals surface area (Å²) in [6.45, 7) is 8.07. The Morgan fingerprint density at radius 1 is 0.826 bits per heavy atom. The van der Waals surface area contributed by atoms with Crippen molar-refractivity contribution in [1.29, 1.82) is 0 Å². The predicted molar refractivity (Wildman–Crippen MR) is 104 cm³/mol. The van der Waals surface area contributed by atoms with E-state index in [1.165, 1.54) is 75.7 Å². The van der Waals surface area contributed by atoms with E-state index in [1.807, 2.05) is 0 Å². The minimum absolute atomic E-state index is 0.257. The van der Waals surface area contributed by atoms with E-state index in [0.29, 0.717) is 12.2 Å². The predicted octanol–water partition coefficient (Wildman–Crippen LogP) is 6.54. The summed E-state index contributed by atoms with van der Waals surface area (Å²) in [7, 11) is 0. The van der Waals surface area contributed by atoms with Crippen LogP contribution in [-0.4, -0.2) is 24.1 Å². The molecule has 3 heteroatoms. The molecule has 0 rings (SSSR count). The van der Waals surface area contributed by atoms with Gasteiger partial charge in [-0.25, -0.2) is 4.79 Å². The first kappa shape index (κ1) is 22.6. The zero-order valence-corrected chi connectivity index (χ0v) is 16.4. The minimum atomic E-state index is -0.257. The molecule has 23 heavy (non-hydrogen) atoms. The number of rotatable bonds is 17. The standard InChI is InChI=1S/C20H38O2S/c1-4-5-6-7-11-14-17-23-18-15-12-9-8-10-13-16-22-20(21)19(2)3/h2,4-18H2,1,3H3. The lowest BCUT2D eigenvalue weighted by molar-refractivity contribution is -0.139. The highest BCUT2D eigenvalue weighted by Gasteiger charge is 2.01. The number of unbranched alkanes of at least 4 members (excludes halogenated alkanes) is 10. The van der Waals surface area contributed by atoms with Crippen LogP contribution in [0.1, 0.15) is 90.9 Å². The summed E-state index contributed by atoms with van der Waals surface area (Å²) < 4.78 is 5.08. The maximum absolute atomic E-state index is 11.2. The lowest BCUT2D eigenvalue weighted by atomic mass is 10.1. The van der Waals surface area contributed by atoms with Gasteiger partial charge in [-0.1, -0.05) is 71.3 Å². The van der Waals surface area contributed by atoms with Crippen molar-refractivity contribution in [3.8, 4) is 0 Å². The number of carbonyl (C=O) groups is 1. The number of hydrogen-bond acceptors (Lipinski definition) is 3. The van der Waals surface area contributed by atoms with E-state index in [4.69, 9.17) is 4.74 Å². The number of ether oxygens (including phenoxy) is 1. The van der Waals surface area contributed by atoms with Crippen LogP contribution in [0.3, 0.4) is 0 Å². The molecule has 136 valence electrons. The van der Waals surface area contributed by atoms with Crippen molar-refractivity contribution < 1.29 is 9.53 Å². The van der Waals surface area contributed by atoms with E-state index < -0.39 is 0 Å². The molecule has 0 fully saturated rings. The first-order chi connectivity index (χ1) is 11.2. The fourth-order valence-corrected chi connectivity index (χ4v) is 3.41. The van der Waals surface area contributed by atoms with Gasteiger partial charge < -0.3 is 4.74 Å². The van der Waals surface area contributed by atoms with Gasteiger partial charge in [0.15, 0.2) is 0 Å². The SMILES string of the molecule is C=C(C)C(=O)OCCCCCCCCSCCCCCCCC. The fraction of sp³-hybridized carbons (Fsp3) is 0.850. The highest BCUT2D eigenvalue weighted by molar-refractivity contribution is 7.99. The molecule has 0 aliphatic carbocycles. The van der Waals surface area contributed by atoms with E-state index in [-0.39, 0.29) is 5.97 Å². The van der Waals surface area contributed by atoms with Crippen LogP contribution in [0.15, 0.2) is 12.2 Å². The van der Waals surface area contributed by atoms with E-state index >= 15 is 0 Å². The molecule has 0 bridgehead atoms. The Balaban J connectivity index is 3.05. The van der Waals surface area contributed by atoms with Gasteiger partial charge in [0.25, 0.3) is 0 Å². The van der Waals surface area contributed by atoms with Gasteiger partial charge in [0, 0.05) is 5.57 Å². The maximum Gasteiger partial charge on any atom is 0.333 e. The molecule has 0 spiro atoms. The summed E-state index contributed by atoms with van der Waals surface area (Å²) in [4.78, 5) is 11.2. The Labute approximate surface area is 148 Å². The summed E-state index contributed by atoms with van der Waals surface area (Å²) >= 11 is 2.13. The molecule has 0 aromatic heterocycles. The van der Waals surface area contributed by atoms with Gasteiger partial charge in [0.05, 0.1) is 6.61 Å². The van der Waals surface area contributed by atoms with Crippen LogP contribution in [0, 0.1) is 0 Å². The van der Waals surface area contributed by atoms with Crippen LogP contribution in [0.25, 0.3) is 0 Å². The zero-order valence-electron chi connectivity index (χ0n) is 15.5. The number of thioether (sulfide) groups is 1. The third kappa shape index (κ3) is 17.7. The van der Waals surface area contributed by atoms with Crippen LogP contribution in [0.4, 0.5) is 0 Å². The van der Waals surface area contributed by atoms with Gasteiger partial charge in [0.1, 0.15) is 0 Å². The molecule has 2 nitrogen and oxygen atoms in total. The Morgan fingerprint density at radius 2 is 1.30 bits per heavy atom. The molecule has 0 aliphatic rings. The molecule has 0 aliphatic heterocycles. The summed E-state index contributed by atoms with van der Waals surface area (Å²) in [5.41, 5.74) is 0.489. The van der Waals surface area contributed by atoms with Crippen LogP contribution in [0.5, 0.6) is 0 Å². The molecule has 0 radical (unpaired) electrons. The van der Waals surface area contributed by atoms with Crippen LogP contribution >= 0.6 is 11.8 Å². The molecule has 0 atom stereocenters. The van der Waals surface area contributed by atoms with E-state index in [9.17, 15) is 4.79 Å². The molecule has 0 heterocycles. The van der Waals surface area contributed by atoms with Crippen LogP contribution in [0.2, 0.25) is 0 Å². The maximum atomic E-state index is 11.2. The normalized spacial score (nSPS) is 10.7. The molecule has 0 saturated heterocycles. The van der Waals surface area contributed by atoms with E-state index in [2.05, 4.69) is 25.3 Å². The van der Waals surface area contributed by atoms with Crippen LogP contribution < -0.4 is 0 Å². The van der Waals surface area contributed by atoms with Crippen molar-refractivity contribution in [1.82, 2.24) is 0 Å². The monoisotopic (exact) mass is 342 g/mol. The fourth-order valence-electron chi connectivity index (χ4n) is 2.39. The van der Waals surface area contributed by atoms with E-state index in [1.54, 1.807) is 6.92 Å². The second kappa shape index (κ2) is 17.9. The van der Waals surface area contributed by atoms with Gasteiger partial charge in [-0.15, -0.1) is 0 Å². The second-order valence-corrected chi connectivity index (χ2v) is 7.64. The summed E-state index contributed by atoms with van der Waals surface area (Å²) in [6.07, 6.45) is 15.8. The van der Waals surface area contributed by atoms with Crippen molar-refractivity contribution in [2.45, 2.75) is 90.9 Å². The lowest BCUT2D eigenvalue weighted by Gasteiger charge is -2.05. The summed E-state index contributed by atoms with van der Waals surface area (Å²) in [6, 6.07) is 0. The molecule has 0 unspecified atom stereocenters. The largest absolute Gasteiger partial charge is 0.462 e. The topological polar surface area (TPSA) is 26.3 Å². The third-order valence-corrected chi connectivity index (χ3v) is 5.06. The van der Waals surface area contributed by atoms with E-state index in [0.717, 1.165) is 12.8 Å². The molecule has 0 aromatic carbocycles. The van der Waals surface area contributed by atoms with Crippen molar-refractivity contribution in [3.63, 3.8) is 0 Å². The quantitative estimate of drug-likeness (QED) is 0.170. The molecular weight excluding hydrogens is 304 g/mol. The smallest absolute Gasteiger partial charge is 0.333 e. The number of carbonyl (C=O) groups excluding carboxylic acids is 1. The van der Waals surface area contributed by atoms with Gasteiger partial charge in [-0.05, 0) is 37.7 Å². The molecular formula is C20H38O2S. The molecule has 0 aromatic rings. The van der Waals surface area contributed by atoms with Gasteiger partial charge in [0.2, 0.25) is 0 Å². The Morgan fingerprint density at radius 3 is 1.83 bits per heavy atom. The van der Waals surface area contributed by atoms with Crippen molar-refractivity contribution in [3.05, 3.63) is 12.2 Å². The number of hydrogen-bond donors (Lipinski definition) is 0. The van der Waals surface area contributed by atoms with Gasteiger partial charge >= 0.3 is 5.97 Å². The van der Waals surface area contributed by atoms with Crippen LogP contribution in [-0.2, 0) is 9.53 Å². The first-order valence-electron chi connectivity index (χ1n) is 9.58. The third-order valence-electron chi connectivity index (χ3n) is 3.91. The average molecular weight is 343 g/mol. The highest BCUT2D eigenvalue weighted by Crippen LogP contribution is 2.13. The Hall–Kier alpha value is -0.440. The van der Waals surface area contributed by atoms with Crippen molar-refractivity contribution in [2.24, 2.45) is 0 Å². The minimum Gasteiger partial charge on any atom is -0.462 e. The first-order valence-corrected chi connectivity index (χ1v) is 10.7. The van der Waals surface area contributed by atoms with Gasteiger partial charge in [-0.2, -0.15) is 11.8 Å². The summed E-state index contributed by atoms with van der Waals surface area (Å²) in [5.74, 6) is 2.41. The number of esters is 1. The zero-order chi connectivity index (χ0) is 17.2. The molecule has 0 saturated carbocycles. The lowest BCUT2D eigenvalue weighted by Crippen LogP contribution is -2.05. The summed E-state index contributed by atoms with van der Waals surface area (Å²) in [5, 5.41) is 0. The molecule has 0 N–H and O–H groups in total. The Bertz CT molecular complexity index is 289. The molecule has 0 amide bonds. The van der Waals surface area contributed by atoms with Crippen molar-refractivity contribution >= 4 is 17.7 Å². The average Bonchev–Trinajstić information content (AvgIpc) is 2.54. The van der Waals surface area contributed by atoms with Gasteiger partial charge in [-0.3, -0.25) is 0 Å². The van der Waals surface area contributed by atoms with Crippen molar-refractivity contribution in [2.75, 3.05) is 18.1 Å².